The minimum absolute atomic E-state index is 0.192. The quantitative estimate of drug-likeness (QED) is 0.504. The molecule has 0 saturated heterocycles. The lowest BCUT2D eigenvalue weighted by Gasteiger charge is -2.07. The molecule has 1 aliphatic rings. The topological polar surface area (TPSA) is 46.5 Å². The predicted octanol–water partition coefficient (Wildman–Crippen LogP) is 4.09. The van der Waals surface area contributed by atoms with Crippen LogP contribution in [0.5, 0.6) is 11.5 Å². The summed E-state index contributed by atoms with van der Waals surface area (Å²) in [6.07, 6.45) is 7.35. The monoisotopic (exact) mass is 286 g/mol. The van der Waals surface area contributed by atoms with Crippen molar-refractivity contribution in [2.24, 2.45) is 0 Å². The van der Waals surface area contributed by atoms with E-state index in [0.717, 1.165) is 24.0 Å². The van der Waals surface area contributed by atoms with E-state index >= 15 is 0 Å². The highest BCUT2D eigenvalue weighted by molar-refractivity contribution is 5.82. The maximum Gasteiger partial charge on any atom is 0.315 e. The molecule has 2 rings (SSSR count). The number of ether oxygens (including phenoxy) is 1. The molecule has 0 atom stereocenters. The zero-order valence-corrected chi connectivity index (χ0v) is 12.9. The van der Waals surface area contributed by atoms with Gasteiger partial charge in [0, 0.05) is 11.1 Å². The minimum Gasteiger partial charge on any atom is -0.508 e. The fourth-order valence-electron chi connectivity index (χ4n) is 2.43. The molecule has 1 N–H and O–H groups in total. The van der Waals surface area contributed by atoms with Crippen molar-refractivity contribution < 1.29 is 14.6 Å². The van der Waals surface area contributed by atoms with Crippen molar-refractivity contribution in [3.05, 3.63) is 46.6 Å². The highest BCUT2D eigenvalue weighted by Gasteiger charge is 2.23. The Balaban J connectivity index is 2.07. The summed E-state index contributed by atoms with van der Waals surface area (Å²) < 4.78 is 5.25. The number of carbonyl (C=O) groups excluding carboxylic acids is 1. The Morgan fingerprint density at radius 1 is 1.29 bits per heavy atom. The highest BCUT2D eigenvalue weighted by Crippen LogP contribution is 2.34. The number of carbonyl (C=O) groups is 1. The van der Waals surface area contributed by atoms with Crippen molar-refractivity contribution in [1.82, 2.24) is 0 Å². The first-order valence-corrected chi connectivity index (χ1v) is 7.30. The van der Waals surface area contributed by atoms with Gasteiger partial charge in [0.15, 0.2) is 0 Å². The molecule has 21 heavy (non-hydrogen) atoms. The van der Waals surface area contributed by atoms with E-state index in [1.165, 1.54) is 11.1 Å². The second-order valence-electron chi connectivity index (χ2n) is 5.82. The summed E-state index contributed by atoms with van der Waals surface area (Å²) in [7, 11) is 0. The summed E-state index contributed by atoms with van der Waals surface area (Å²) >= 11 is 0. The van der Waals surface area contributed by atoms with Gasteiger partial charge in [-0.1, -0.05) is 23.3 Å². The van der Waals surface area contributed by atoms with Crippen LogP contribution >= 0.6 is 0 Å². The van der Waals surface area contributed by atoms with Crippen molar-refractivity contribution >= 4 is 5.97 Å². The molecule has 0 saturated carbocycles. The number of phenolic OH excluding ortho intramolecular Hbond substituents is 1. The summed E-state index contributed by atoms with van der Waals surface area (Å²) in [5.41, 5.74) is 4.29. The van der Waals surface area contributed by atoms with Gasteiger partial charge in [-0.15, -0.1) is 0 Å². The van der Waals surface area contributed by atoms with Crippen LogP contribution in [0.4, 0.5) is 0 Å². The number of hydrogen-bond donors (Lipinski definition) is 1. The Kier molecular flexibility index (Phi) is 4.84. The molecule has 0 aromatic heterocycles. The van der Waals surface area contributed by atoms with Gasteiger partial charge in [0.25, 0.3) is 0 Å². The summed E-state index contributed by atoms with van der Waals surface area (Å²) in [5.74, 6) is 0.574. The van der Waals surface area contributed by atoms with E-state index in [0.29, 0.717) is 12.2 Å². The van der Waals surface area contributed by atoms with E-state index in [-0.39, 0.29) is 18.1 Å². The Bertz CT molecular complexity index is 605. The predicted molar refractivity (Wildman–Crippen MR) is 83.6 cm³/mol. The third-order valence-corrected chi connectivity index (χ3v) is 3.54. The lowest BCUT2D eigenvalue weighted by Crippen LogP contribution is -2.01. The number of esters is 1. The third-order valence-electron chi connectivity index (χ3n) is 3.54. The standard InChI is InChI=1S/C18H22O3/c1-12(2)5-4-6-13(3)7-8-14-9-16(19)10-15-11-17(20)21-18(14)15/h5,7,9-10,19H,4,6,8,11H2,1-3H3. The van der Waals surface area contributed by atoms with E-state index in [2.05, 4.69) is 32.9 Å². The van der Waals surface area contributed by atoms with Crippen molar-refractivity contribution in [2.45, 2.75) is 46.5 Å². The molecular weight excluding hydrogens is 264 g/mol. The number of benzene rings is 1. The summed E-state index contributed by atoms with van der Waals surface area (Å²) in [4.78, 5) is 11.4. The Morgan fingerprint density at radius 3 is 2.76 bits per heavy atom. The Labute approximate surface area is 125 Å². The van der Waals surface area contributed by atoms with Crippen LogP contribution < -0.4 is 4.74 Å². The van der Waals surface area contributed by atoms with Crippen LogP contribution in [0.15, 0.2) is 35.4 Å². The van der Waals surface area contributed by atoms with E-state index in [9.17, 15) is 9.90 Å². The highest BCUT2D eigenvalue weighted by atomic mass is 16.5. The fourth-order valence-corrected chi connectivity index (χ4v) is 2.43. The smallest absolute Gasteiger partial charge is 0.315 e. The third kappa shape index (κ3) is 4.22. The van der Waals surface area contributed by atoms with Gasteiger partial charge in [0.1, 0.15) is 11.5 Å². The normalized spacial score (nSPS) is 13.9. The van der Waals surface area contributed by atoms with Gasteiger partial charge >= 0.3 is 5.97 Å². The molecule has 0 amide bonds. The van der Waals surface area contributed by atoms with Gasteiger partial charge in [-0.25, -0.2) is 0 Å². The van der Waals surface area contributed by atoms with Crippen LogP contribution in [0.25, 0.3) is 0 Å². The zero-order valence-electron chi connectivity index (χ0n) is 12.9. The van der Waals surface area contributed by atoms with E-state index in [4.69, 9.17) is 4.74 Å². The summed E-state index contributed by atoms with van der Waals surface area (Å²) in [5, 5.41) is 9.74. The van der Waals surface area contributed by atoms with Gasteiger partial charge in [-0.3, -0.25) is 4.79 Å². The molecule has 1 aromatic rings. The van der Waals surface area contributed by atoms with Crippen molar-refractivity contribution in [3.63, 3.8) is 0 Å². The van der Waals surface area contributed by atoms with Gasteiger partial charge in [0.2, 0.25) is 0 Å². The van der Waals surface area contributed by atoms with Crippen LogP contribution in [0.1, 0.15) is 44.7 Å². The minimum atomic E-state index is -0.249. The SMILES string of the molecule is CC(C)=CCCC(C)=CCc1cc(O)cc2c1OC(=O)C2. The lowest BCUT2D eigenvalue weighted by molar-refractivity contribution is -0.131. The van der Waals surface area contributed by atoms with Gasteiger partial charge < -0.3 is 9.84 Å². The summed E-state index contributed by atoms with van der Waals surface area (Å²) in [6, 6.07) is 3.28. The lowest BCUT2D eigenvalue weighted by atomic mass is 10.0. The molecule has 3 heteroatoms. The average Bonchev–Trinajstić information content (AvgIpc) is 2.75. The second kappa shape index (κ2) is 6.61. The number of aromatic hydroxyl groups is 1. The van der Waals surface area contributed by atoms with Crippen LogP contribution in [0.2, 0.25) is 0 Å². The van der Waals surface area contributed by atoms with Crippen LogP contribution in [0, 0.1) is 0 Å². The first kappa shape index (κ1) is 15.4. The van der Waals surface area contributed by atoms with Crippen LogP contribution in [-0.2, 0) is 17.6 Å². The van der Waals surface area contributed by atoms with Gasteiger partial charge in [-0.2, -0.15) is 0 Å². The number of phenols is 1. The van der Waals surface area contributed by atoms with E-state index in [1.807, 2.05) is 0 Å². The molecule has 0 bridgehead atoms. The molecule has 1 aliphatic heterocycles. The largest absolute Gasteiger partial charge is 0.508 e. The maximum atomic E-state index is 11.4. The van der Waals surface area contributed by atoms with Crippen molar-refractivity contribution in [3.8, 4) is 11.5 Å². The molecule has 3 nitrogen and oxygen atoms in total. The molecule has 1 heterocycles. The second-order valence-corrected chi connectivity index (χ2v) is 5.82. The molecule has 0 spiro atoms. The molecule has 0 aliphatic carbocycles. The van der Waals surface area contributed by atoms with Crippen LogP contribution in [0.3, 0.4) is 0 Å². The van der Waals surface area contributed by atoms with Crippen LogP contribution in [-0.4, -0.2) is 11.1 Å². The molecule has 1 aromatic carbocycles. The number of fused-ring (bicyclic) bond motifs is 1. The number of allylic oxidation sites excluding steroid dienone is 4. The van der Waals surface area contributed by atoms with E-state index in [1.54, 1.807) is 12.1 Å². The van der Waals surface area contributed by atoms with Crippen molar-refractivity contribution in [2.75, 3.05) is 0 Å². The fraction of sp³-hybridized carbons (Fsp3) is 0.389. The maximum absolute atomic E-state index is 11.4. The zero-order chi connectivity index (χ0) is 15.4. The summed E-state index contributed by atoms with van der Waals surface area (Å²) in [6.45, 7) is 6.31. The number of rotatable bonds is 5. The first-order chi connectivity index (χ1) is 9.95. The molecular formula is C18H22O3. The van der Waals surface area contributed by atoms with Gasteiger partial charge in [0.05, 0.1) is 6.42 Å². The molecule has 0 unspecified atom stereocenters. The molecule has 0 fully saturated rings. The van der Waals surface area contributed by atoms with Gasteiger partial charge in [-0.05, 0) is 52.2 Å². The Morgan fingerprint density at radius 2 is 2.05 bits per heavy atom. The van der Waals surface area contributed by atoms with Crippen molar-refractivity contribution in [1.29, 1.82) is 0 Å². The number of hydrogen-bond acceptors (Lipinski definition) is 3. The first-order valence-electron chi connectivity index (χ1n) is 7.30. The van der Waals surface area contributed by atoms with E-state index < -0.39 is 0 Å². The Hall–Kier alpha value is -2.03. The molecule has 112 valence electrons. The average molecular weight is 286 g/mol. The molecule has 0 radical (unpaired) electrons.